The van der Waals surface area contributed by atoms with Crippen LogP contribution in [0, 0.1) is 6.92 Å². The number of aryl methyl sites for hydroxylation is 1. The second-order valence-corrected chi connectivity index (χ2v) is 6.30. The molecule has 4 nitrogen and oxygen atoms in total. The molecule has 0 aromatic heterocycles. The molecule has 2 rings (SSSR count). The number of piperidine rings is 1. The van der Waals surface area contributed by atoms with E-state index < -0.39 is 6.10 Å². The average Bonchev–Trinajstić information content (AvgIpc) is 2.47. The maximum atomic E-state index is 10.2. The molecular weight excluding hydrogens is 264 g/mol. The Bertz CT molecular complexity index is 419. The molecule has 2 atom stereocenters. The van der Waals surface area contributed by atoms with E-state index in [0.29, 0.717) is 19.2 Å². The van der Waals surface area contributed by atoms with Gasteiger partial charge in [0.15, 0.2) is 0 Å². The van der Waals surface area contributed by atoms with E-state index in [1.807, 2.05) is 24.3 Å². The molecule has 0 bridgehead atoms. The molecule has 0 amide bonds. The predicted octanol–water partition coefficient (Wildman–Crippen LogP) is 1.76. The molecule has 1 aromatic rings. The summed E-state index contributed by atoms with van der Waals surface area (Å²) in [5.41, 5.74) is 1.21. The maximum Gasteiger partial charge on any atom is 0.119 e. The number of nitrogens with zero attached hydrogens (tertiary/aromatic N) is 2. The van der Waals surface area contributed by atoms with E-state index in [0.717, 1.165) is 18.8 Å². The van der Waals surface area contributed by atoms with Crippen molar-refractivity contribution in [3.8, 4) is 5.75 Å². The quantitative estimate of drug-likeness (QED) is 0.867. The van der Waals surface area contributed by atoms with Gasteiger partial charge in [-0.1, -0.05) is 17.7 Å². The topological polar surface area (TPSA) is 35.9 Å². The number of hydrogen-bond donors (Lipinski definition) is 1. The van der Waals surface area contributed by atoms with E-state index in [4.69, 9.17) is 4.74 Å². The lowest BCUT2D eigenvalue weighted by Crippen LogP contribution is -2.48. The Hall–Kier alpha value is -1.10. The normalized spacial score (nSPS) is 21.5. The summed E-state index contributed by atoms with van der Waals surface area (Å²) in [5, 5.41) is 10.2. The fourth-order valence-electron chi connectivity index (χ4n) is 2.80. The lowest BCUT2D eigenvalue weighted by atomic mass is 10.0. The summed E-state index contributed by atoms with van der Waals surface area (Å²) in [4.78, 5) is 4.62. The minimum atomic E-state index is -0.438. The van der Waals surface area contributed by atoms with Gasteiger partial charge in [-0.05, 0) is 52.5 Å². The molecule has 2 unspecified atom stereocenters. The summed E-state index contributed by atoms with van der Waals surface area (Å²) < 4.78 is 5.65. The smallest absolute Gasteiger partial charge is 0.119 e. The first-order chi connectivity index (χ1) is 10.0. The molecule has 1 fully saturated rings. The molecule has 21 heavy (non-hydrogen) atoms. The van der Waals surface area contributed by atoms with Crippen molar-refractivity contribution >= 4 is 0 Å². The summed E-state index contributed by atoms with van der Waals surface area (Å²) in [6.07, 6.45) is 2.01. The van der Waals surface area contributed by atoms with Gasteiger partial charge in [0.25, 0.3) is 0 Å². The molecule has 1 aromatic carbocycles. The van der Waals surface area contributed by atoms with Gasteiger partial charge >= 0.3 is 0 Å². The van der Waals surface area contributed by atoms with Crippen LogP contribution in [0.5, 0.6) is 5.75 Å². The Morgan fingerprint density at radius 2 is 2.05 bits per heavy atom. The molecule has 1 aliphatic rings. The van der Waals surface area contributed by atoms with Crippen LogP contribution in [0.3, 0.4) is 0 Å². The zero-order valence-electron chi connectivity index (χ0n) is 13.5. The second kappa shape index (κ2) is 7.78. The minimum absolute atomic E-state index is 0.353. The van der Waals surface area contributed by atoms with E-state index in [9.17, 15) is 5.11 Å². The standard InChI is InChI=1S/C17H28N2O2/c1-14-6-8-17(9-7-14)21-13-16(20)12-19-10-4-5-15(11-19)18(2)3/h6-9,15-16,20H,4-5,10-13H2,1-3H3. The van der Waals surface area contributed by atoms with Gasteiger partial charge in [0.1, 0.15) is 18.5 Å². The fraction of sp³-hybridized carbons (Fsp3) is 0.647. The van der Waals surface area contributed by atoms with Gasteiger partial charge < -0.3 is 14.7 Å². The number of β-amino-alcohol motifs (C(OH)–C–C–N with tert-alkyl or cyclic N) is 1. The first kappa shape index (κ1) is 16.3. The monoisotopic (exact) mass is 292 g/mol. The highest BCUT2D eigenvalue weighted by atomic mass is 16.5. The number of hydrogen-bond acceptors (Lipinski definition) is 4. The van der Waals surface area contributed by atoms with E-state index in [1.54, 1.807) is 0 Å². The van der Waals surface area contributed by atoms with Gasteiger partial charge in [0.05, 0.1) is 0 Å². The number of aliphatic hydroxyl groups is 1. The van der Waals surface area contributed by atoms with Crippen molar-refractivity contribution in [2.24, 2.45) is 0 Å². The number of aliphatic hydroxyl groups excluding tert-OH is 1. The zero-order valence-corrected chi connectivity index (χ0v) is 13.5. The lowest BCUT2D eigenvalue weighted by Gasteiger charge is -2.36. The number of benzene rings is 1. The first-order valence-electron chi connectivity index (χ1n) is 7.81. The third kappa shape index (κ3) is 5.30. The van der Waals surface area contributed by atoms with Crippen molar-refractivity contribution in [1.82, 2.24) is 9.80 Å². The summed E-state index contributed by atoms with van der Waals surface area (Å²) in [7, 11) is 4.26. The van der Waals surface area contributed by atoms with Gasteiger partial charge in [-0.2, -0.15) is 0 Å². The average molecular weight is 292 g/mol. The lowest BCUT2D eigenvalue weighted by molar-refractivity contribution is 0.0456. The highest BCUT2D eigenvalue weighted by Crippen LogP contribution is 2.15. The Morgan fingerprint density at radius 3 is 2.71 bits per heavy atom. The molecule has 0 spiro atoms. The van der Waals surface area contributed by atoms with Crippen LogP contribution >= 0.6 is 0 Å². The highest BCUT2D eigenvalue weighted by Gasteiger charge is 2.23. The van der Waals surface area contributed by atoms with E-state index in [1.165, 1.54) is 18.4 Å². The molecule has 0 aliphatic carbocycles. The SMILES string of the molecule is Cc1ccc(OCC(O)CN2CCCC(N(C)C)C2)cc1. The predicted molar refractivity (Wildman–Crippen MR) is 85.8 cm³/mol. The van der Waals surface area contributed by atoms with Crippen molar-refractivity contribution in [2.75, 3.05) is 40.3 Å². The number of ether oxygens (including phenoxy) is 1. The third-order valence-electron chi connectivity index (χ3n) is 4.14. The van der Waals surface area contributed by atoms with Gasteiger partial charge in [-0.3, -0.25) is 4.90 Å². The van der Waals surface area contributed by atoms with Gasteiger partial charge in [-0.15, -0.1) is 0 Å². The molecule has 0 radical (unpaired) electrons. The summed E-state index contributed by atoms with van der Waals surface area (Å²) in [6.45, 7) is 5.21. The van der Waals surface area contributed by atoms with E-state index in [2.05, 4.69) is 30.8 Å². The largest absolute Gasteiger partial charge is 0.491 e. The van der Waals surface area contributed by atoms with E-state index >= 15 is 0 Å². The highest BCUT2D eigenvalue weighted by molar-refractivity contribution is 5.26. The Kier molecular flexibility index (Phi) is 6.03. The maximum absolute atomic E-state index is 10.2. The fourth-order valence-corrected chi connectivity index (χ4v) is 2.80. The number of likely N-dealkylation sites (N-methyl/N-ethyl adjacent to an activating group) is 1. The van der Waals surface area contributed by atoms with Crippen LogP contribution in [0.1, 0.15) is 18.4 Å². The van der Waals surface area contributed by atoms with Crippen LogP contribution in [0.25, 0.3) is 0 Å². The Balaban J connectivity index is 1.73. The Labute approximate surface area is 128 Å². The summed E-state index contributed by atoms with van der Waals surface area (Å²) >= 11 is 0. The number of rotatable bonds is 6. The Morgan fingerprint density at radius 1 is 1.33 bits per heavy atom. The number of likely N-dealkylation sites (tertiary alicyclic amines) is 1. The minimum Gasteiger partial charge on any atom is -0.491 e. The van der Waals surface area contributed by atoms with Gasteiger partial charge in [-0.25, -0.2) is 0 Å². The molecule has 0 saturated carbocycles. The van der Waals surface area contributed by atoms with Gasteiger partial charge in [0.2, 0.25) is 0 Å². The van der Waals surface area contributed by atoms with Crippen molar-refractivity contribution in [1.29, 1.82) is 0 Å². The van der Waals surface area contributed by atoms with Crippen LogP contribution in [0.2, 0.25) is 0 Å². The molecular formula is C17H28N2O2. The summed E-state index contributed by atoms with van der Waals surface area (Å²) in [5.74, 6) is 0.824. The van der Waals surface area contributed by atoms with Gasteiger partial charge in [0, 0.05) is 19.1 Å². The van der Waals surface area contributed by atoms with Crippen LogP contribution in [-0.2, 0) is 0 Å². The second-order valence-electron chi connectivity index (χ2n) is 6.30. The van der Waals surface area contributed by atoms with Crippen molar-refractivity contribution < 1.29 is 9.84 Å². The summed E-state index contributed by atoms with van der Waals surface area (Å²) in [6, 6.07) is 8.54. The molecule has 4 heteroatoms. The zero-order chi connectivity index (χ0) is 15.2. The van der Waals surface area contributed by atoms with Crippen LogP contribution in [0.15, 0.2) is 24.3 Å². The van der Waals surface area contributed by atoms with Crippen LogP contribution < -0.4 is 4.74 Å². The van der Waals surface area contributed by atoms with E-state index in [-0.39, 0.29) is 0 Å². The molecule has 1 N–H and O–H groups in total. The third-order valence-corrected chi connectivity index (χ3v) is 4.14. The van der Waals surface area contributed by atoms with Crippen molar-refractivity contribution in [3.63, 3.8) is 0 Å². The van der Waals surface area contributed by atoms with Crippen LogP contribution in [0.4, 0.5) is 0 Å². The molecule has 1 heterocycles. The van der Waals surface area contributed by atoms with Crippen molar-refractivity contribution in [2.45, 2.75) is 31.9 Å². The molecule has 1 saturated heterocycles. The first-order valence-corrected chi connectivity index (χ1v) is 7.81. The molecule has 1 aliphatic heterocycles. The van der Waals surface area contributed by atoms with Crippen LogP contribution in [-0.4, -0.2) is 67.4 Å². The molecule has 118 valence electrons. The van der Waals surface area contributed by atoms with Crippen molar-refractivity contribution in [3.05, 3.63) is 29.8 Å².